The first-order chi connectivity index (χ1) is 13.1. The van der Waals surface area contributed by atoms with Crippen LogP contribution in [0.4, 0.5) is 0 Å². The Labute approximate surface area is 157 Å². The summed E-state index contributed by atoms with van der Waals surface area (Å²) in [5, 5.41) is 10.2. The van der Waals surface area contributed by atoms with Gasteiger partial charge in [0.05, 0.1) is 12.1 Å². The Morgan fingerprint density at radius 3 is 2.63 bits per heavy atom. The molecule has 0 amide bonds. The van der Waals surface area contributed by atoms with Gasteiger partial charge in [0.2, 0.25) is 5.76 Å². The molecular formula is C22H21NO4. The topological polar surface area (TPSA) is 68.7 Å². The molecule has 0 fully saturated rings. The van der Waals surface area contributed by atoms with Crippen molar-refractivity contribution in [2.24, 2.45) is 0 Å². The predicted molar refractivity (Wildman–Crippen MR) is 104 cm³/mol. The fraction of sp³-hybridized carbons (Fsp3) is 0.182. The molecule has 0 aliphatic heterocycles. The zero-order chi connectivity index (χ0) is 19.2. The predicted octanol–water partition coefficient (Wildman–Crippen LogP) is 4.84. The second kappa shape index (κ2) is 8.36. The van der Waals surface area contributed by atoms with Gasteiger partial charge in [-0.15, -0.1) is 0 Å². The number of nitrogens with zero attached hydrogens (tertiary/aromatic N) is 1. The minimum absolute atomic E-state index is 0.0817. The largest absolute Gasteiger partial charge is 0.487 e. The van der Waals surface area contributed by atoms with Gasteiger partial charge < -0.3 is 14.6 Å². The fourth-order valence-corrected chi connectivity index (χ4v) is 2.70. The third-order valence-corrected chi connectivity index (χ3v) is 4.08. The number of hydrogen-bond donors (Lipinski definition) is 1. The van der Waals surface area contributed by atoms with E-state index in [9.17, 15) is 4.79 Å². The van der Waals surface area contributed by atoms with Crippen LogP contribution >= 0.6 is 0 Å². The highest BCUT2D eigenvalue weighted by atomic mass is 16.5. The molecule has 3 rings (SSSR count). The molecule has 1 heterocycles. The van der Waals surface area contributed by atoms with E-state index in [-0.39, 0.29) is 11.9 Å². The van der Waals surface area contributed by atoms with Crippen molar-refractivity contribution in [3.8, 4) is 5.75 Å². The van der Waals surface area contributed by atoms with Crippen LogP contribution in [0.3, 0.4) is 0 Å². The Morgan fingerprint density at radius 2 is 1.93 bits per heavy atom. The molecule has 1 unspecified atom stereocenters. The molecular weight excluding hydrogens is 342 g/mol. The highest BCUT2D eigenvalue weighted by molar-refractivity contribution is 5.89. The van der Waals surface area contributed by atoms with Crippen LogP contribution in [0.5, 0.6) is 5.75 Å². The summed E-state index contributed by atoms with van der Waals surface area (Å²) in [4.78, 5) is 15.6. The zero-order valence-electron chi connectivity index (χ0n) is 15.3. The highest BCUT2D eigenvalue weighted by Gasteiger charge is 2.10. The number of ether oxygens (including phenoxy) is 2. The van der Waals surface area contributed by atoms with Gasteiger partial charge in [-0.2, -0.15) is 0 Å². The first-order valence-corrected chi connectivity index (χ1v) is 8.76. The third kappa shape index (κ3) is 4.64. The van der Waals surface area contributed by atoms with E-state index in [0.717, 1.165) is 22.0 Å². The lowest BCUT2D eigenvalue weighted by Gasteiger charge is -2.15. The molecule has 2 aromatic carbocycles. The van der Waals surface area contributed by atoms with Crippen molar-refractivity contribution in [3.63, 3.8) is 0 Å². The number of fused-ring (bicyclic) bond motifs is 1. The van der Waals surface area contributed by atoms with Crippen molar-refractivity contribution < 1.29 is 19.4 Å². The molecule has 0 radical (unpaired) electrons. The van der Waals surface area contributed by atoms with Crippen LogP contribution in [0.15, 0.2) is 66.6 Å². The minimum Gasteiger partial charge on any atom is -0.487 e. The van der Waals surface area contributed by atoms with Crippen molar-refractivity contribution in [3.05, 3.63) is 77.7 Å². The summed E-state index contributed by atoms with van der Waals surface area (Å²) in [6.45, 7) is 4.02. The average Bonchev–Trinajstić information content (AvgIpc) is 2.68. The number of aromatic nitrogens is 1. The molecule has 1 atom stereocenters. The van der Waals surface area contributed by atoms with E-state index < -0.39 is 5.97 Å². The monoisotopic (exact) mass is 363 g/mol. The zero-order valence-corrected chi connectivity index (χ0v) is 15.3. The SMILES string of the molecule is CCO/C(=C\c1ccc(OC(C)c2cnc3ccccc3c2)cc1)C(=O)O. The first-order valence-electron chi connectivity index (χ1n) is 8.76. The van der Waals surface area contributed by atoms with E-state index in [4.69, 9.17) is 14.6 Å². The number of pyridine rings is 1. The van der Waals surface area contributed by atoms with E-state index in [2.05, 4.69) is 11.1 Å². The van der Waals surface area contributed by atoms with E-state index >= 15 is 0 Å². The number of rotatable bonds is 7. The number of carbonyl (C=O) groups is 1. The molecule has 138 valence electrons. The maximum atomic E-state index is 11.1. The number of carboxylic acids is 1. The summed E-state index contributed by atoms with van der Waals surface area (Å²) in [6.07, 6.45) is 3.15. The van der Waals surface area contributed by atoms with E-state index in [1.165, 1.54) is 6.08 Å². The quantitative estimate of drug-likeness (QED) is 0.481. The summed E-state index contributed by atoms with van der Waals surface area (Å²) >= 11 is 0. The molecule has 0 aliphatic carbocycles. The summed E-state index contributed by atoms with van der Waals surface area (Å²) in [5.41, 5.74) is 2.67. The number of aliphatic carboxylic acids is 1. The summed E-state index contributed by atoms with van der Waals surface area (Å²) in [7, 11) is 0. The van der Waals surface area contributed by atoms with Crippen LogP contribution in [0, 0.1) is 0 Å². The van der Waals surface area contributed by atoms with Crippen LogP contribution in [-0.2, 0) is 9.53 Å². The number of para-hydroxylation sites is 1. The van der Waals surface area contributed by atoms with Gasteiger partial charge in [0, 0.05) is 17.1 Å². The van der Waals surface area contributed by atoms with Crippen molar-refractivity contribution in [1.82, 2.24) is 4.98 Å². The smallest absolute Gasteiger partial charge is 0.371 e. The Hall–Kier alpha value is -3.34. The molecule has 0 saturated carbocycles. The second-order valence-corrected chi connectivity index (χ2v) is 6.04. The number of carboxylic acid groups (broad SMARTS) is 1. The maximum absolute atomic E-state index is 11.1. The fourth-order valence-electron chi connectivity index (χ4n) is 2.70. The molecule has 0 spiro atoms. The lowest BCUT2D eigenvalue weighted by molar-refractivity contribution is -0.136. The van der Waals surface area contributed by atoms with Gasteiger partial charge in [-0.3, -0.25) is 4.98 Å². The van der Waals surface area contributed by atoms with Gasteiger partial charge in [0.1, 0.15) is 11.9 Å². The van der Waals surface area contributed by atoms with E-state index in [1.54, 1.807) is 19.1 Å². The Morgan fingerprint density at radius 1 is 1.19 bits per heavy atom. The molecule has 5 heteroatoms. The molecule has 1 aromatic heterocycles. The van der Waals surface area contributed by atoms with Gasteiger partial charge in [-0.25, -0.2) is 4.79 Å². The lowest BCUT2D eigenvalue weighted by Crippen LogP contribution is -2.05. The standard InChI is InChI=1S/C22H21NO4/c1-3-26-21(22(24)25)12-16-8-10-19(11-9-16)27-15(2)18-13-17-6-4-5-7-20(17)23-14-18/h4-15H,3H2,1-2H3,(H,24,25)/b21-12-. The molecule has 27 heavy (non-hydrogen) atoms. The van der Waals surface area contributed by atoms with Crippen molar-refractivity contribution in [1.29, 1.82) is 0 Å². The molecule has 0 aliphatic rings. The molecule has 1 N–H and O–H groups in total. The highest BCUT2D eigenvalue weighted by Crippen LogP contribution is 2.24. The van der Waals surface area contributed by atoms with Gasteiger partial charge >= 0.3 is 5.97 Å². The maximum Gasteiger partial charge on any atom is 0.371 e. The van der Waals surface area contributed by atoms with Crippen LogP contribution in [0.2, 0.25) is 0 Å². The van der Waals surface area contributed by atoms with E-state index in [0.29, 0.717) is 12.4 Å². The van der Waals surface area contributed by atoms with Crippen molar-refractivity contribution >= 4 is 22.9 Å². The number of benzene rings is 2. The van der Waals surface area contributed by atoms with Crippen LogP contribution < -0.4 is 4.74 Å². The minimum atomic E-state index is -1.09. The van der Waals surface area contributed by atoms with Crippen LogP contribution in [-0.4, -0.2) is 22.7 Å². The summed E-state index contributed by atoms with van der Waals surface area (Å²) in [6, 6.07) is 17.2. The van der Waals surface area contributed by atoms with E-state index in [1.807, 2.05) is 49.5 Å². The summed E-state index contributed by atoms with van der Waals surface area (Å²) in [5.74, 6) is -0.475. The second-order valence-electron chi connectivity index (χ2n) is 6.04. The molecule has 0 saturated heterocycles. The van der Waals surface area contributed by atoms with Gasteiger partial charge in [-0.1, -0.05) is 30.3 Å². The molecule has 5 nitrogen and oxygen atoms in total. The van der Waals surface area contributed by atoms with Crippen molar-refractivity contribution in [2.45, 2.75) is 20.0 Å². The van der Waals surface area contributed by atoms with Crippen molar-refractivity contribution in [2.75, 3.05) is 6.61 Å². The normalized spacial score (nSPS) is 12.6. The molecule has 0 bridgehead atoms. The van der Waals surface area contributed by atoms with Gasteiger partial charge in [-0.05, 0) is 49.8 Å². The molecule has 3 aromatic rings. The lowest BCUT2D eigenvalue weighted by atomic mass is 10.1. The van der Waals surface area contributed by atoms with Crippen LogP contribution in [0.1, 0.15) is 31.1 Å². The van der Waals surface area contributed by atoms with Crippen LogP contribution in [0.25, 0.3) is 17.0 Å². The van der Waals surface area contributed by atoms with Gasteiger partial charge in [0.25, 0.3) is 0 Å². The third-order valence-electron chi connectivity index (χ3n) is 4.08. The Kier molecular flexibility index (Phi) is 5.71. The Balaban J connectivity index is 1.73. The van der Waals surface area contributed by atoms with Gasteiger partial charge in [0.15, 0.2) is 0 Å². The average molecular weight is 363 g/mol. The number of hydrogen-bond acceptors (Lipinski definition) is 4. The Bertz CT molecular complexity index is 963. The first kappa shape index (κ1) is 18.5. The summed E-state index contributed by atoms with van der Waals surface area (Å²) < 4.78 is 11.1.